The summed E-state index contributed by atoms with van der Waals surface area (Å²) in [5.74, 6) is 1.58. The molecular weight excluding hydrogens is 416 g/mol. The van der Waals surface area contributed by atoms with E-state index in [0.29, 0.717) is 11.6 Å². The molecule has 1 heterocycles. The molecule has 0 amide bonds. The Morgan fingerprint density at radius 1 is 0.967 bits per heavy atom. The van der Waals surface area contributed by atoms with E-state index in [1.54, 1.807) is 29.0 Å². The highest BCUT2D eigenvalue weighted by molar-refractivity contribution is 7.98. The third-order valence-corrected chi connectivity index (χ3v) is 5.48. The van der Waals surface area contributed by atoms with Crippen LogP contribution in [0.2, 0.25) is 5.02 Å². The average Bonchev–Trinajstić information content (AvgIpc) is 3.24. The molecular formula is C23H19ClN4OS. The van der Waals surface area contributed by atoms with Gasteiger partial charge in [0.1, 0.15) is 18.7 Å². The number of nitrogens with zero attached hydrogens (tertiary/aromatic N) is 4. The predicted octanol–water partition coefficient (Wildman–Crippen LogP) is 5.69. The van der Waals surface area contributed by atoms with Gasteiger partial charge in [-0.3, -0.25) is 0 Å². The molecule has 0 bridgehead atoms. The van der Waals surface area contributed by atoms with Crippen LogP contribution in [0.5, 0.6) is 5.75 Å². The quantitative estimate of drug-likeness (QED) is 0.264. The van der Waals surface area contributed by atoms with Crippen LogP contribution >= 0.6 is 23.4 Å². The second-order valence-electron chi connectivity index (χ2n) is 6.46. The first-order chi connectivity index (χ1) is 14.8. The predicted molar refractivity (Wildman–Crippen MR) is 121 cm³/mol. The zero-order valence-electron chi connectivity index (χ0n) is 16.1. The van der Waals surface area contributed by atoms with E-state index in [-0.39, 0.29) is 0 Å². The summed E-state index contributed by atoms with van der Waals surface area (Å²) in [4.78, 5) is 0. The van der Waals surface area contributed by atoms with E-state index in [1.165, 1.54) is 5.56 Å². The molecule has 1 aromatic heterocycles. The smallest absolute Gasteiger partial charge is 0.212 e. The highest BCUT2D eigenvalue weighted by Gasteiger charge is 2.04. The standard InChI is InChI=1S/C23H19ClN4OS/c24-21-11-9-18(10-12-21)15-29-22-8-4-7-20(13-22)14-26-28-17-25-27-23(28)30-16-19-5-2-1-3-6-19/h1-14,17H,15-16H2/b26-14+. The molecule has 0 aliphatic rings. The van der Waals surface area contributed by atoms with E-state index in [2.05, 4.69) is 27.4 Å². The van der Waals surface area contributed by atoms with Crippen LogP contribution < -0.4 is 4.74 Å². The Hall–Kier alpha value is -3.09. The molecule has 4 aromatic rings. The van der Waals surface area contributed by atoms with Crippen molar-refractivity contribution >= 4 is 29.6 Å². The Balaban J connectivity index is 1.38. The van der Waals surface area contributed by atoms with Crippen molar-refractivity contribution in [2.45, 2.75) is 17.5 Å². The summed E-state index contributed by atoms with van der Waals surface area (Å²) in [7, 11) is 0. The molecule has 0 aliphatic carbocycles. The van der Waals surface area contributed by atoms with Crippen LogP contribution in [0.15, 0.2) is 95.4 Å². The van der Waals surface area contributed by atoms with E-state index < -0.39 is 0 Å². The Bertz CT molecular complexity index is 1110. The van der Waals surface area contributed by atoms with Crippen molar-refractivity contribution in [1.29, 1.82) is 0 Å². The Morgan fingerprint density at radius 2 is 1.80 bits per heavy atom. The number of aromatic nitrogens is 3. The number of hydrogen-bond donors (Lipinski definition) is 0. The summed E-state index contributed by atoms with van der Waals surface area (Å²) in [6.45, 7) is 0.476. The molecule has 7 heteroatoms. The molecule has 0 N–H and O–H groups in total. The van der Waals surface area contributed by atoms with Gasteiger partial charge in [-0.25, -0.2) is 0 Å². The van der Waals surface area contributed by atoms with E-state index in [9.17, 15) is 0 Å². The highest BCUT2D eigenvalue weighted by Crippen LogP contribution is 2.20. The maximum Gasteiger partial charge on any atom is 0.212 e. The van der Waals surface area contributed by atoms with Gasteiger partial charge in [-0.1, -0.05) is 78.0 Å². The van der Waals surface area contributed by atoms with Crippen LogP contribution in [0.1, 0.15) is 16.7 Å². The first kappa shape index (κ1) is 20.2. The molecule has 0 radical (unpaired) electrons. The average molecular weight is 435 g/mol. The van der Waals surface area contributed by atoms with Crippen molar-refractivity contribution in [2.75, 3.05) is 0 Å². The minimum Gasteiger partial charge on any atom is -0.489 e. The number of halogens is 1. The lowest BCUT2D eigenvalue weighted by atomic mass is 10.2. The molecule has 0 spiro atoms. The molecule has 0 saturated carbocycles. The van der Waals surface area contributed by atoms with Crippen LogP contribution in [0.4, 0.5) is 0 Å². The van der Waals surface area contributed by atoms with Crippen molar-refractivity contribution < 1.29 is 4.74 Å². The lowest BCUT2D eigenvalue weighted by Crippen LogP contribution is -1.96. The minimum atomic E-state index is 0.476. The summed E-state index contributed by atoms with van der Waals surface area (Å²) < 4.78 is 7.56. The van der Waals surface area contributed by atoms with Gasteiger partial charge in [0.15, 0.2) is 0 Å². The molecule has 150 valence electrons. The van der Waals surface area contributed by atoms with Crippen molar-refractivity contribution in [3.63, 3.8) is 0 Å². The van der Waals surface area contributed by atoms with Crippen molar-refractivity contribution in [3.8, 4) is 5.75 Å². The van der Waals surface area contributed by atoms with E-state index in [1.807, 2.05) is 66.7 Å². The van der Waals surface area contributed by atoms with Crippen LogP contribution in [0.3, 0.4) is 0 Å². The van der Waals surface area contributed by atoms with Crippen LogP contribution in [0, 0.1) is 0 Å². The summed E-state index contributed by atoms with van der Waals surface area (Å²) in [6.07, 6.45) is 3.37. The normalized spacial score (nSPS) is 11.1. The van der Waals surface area contributed by atoms with Crippen LogP contribution in [-0.4, -0.2) is 21.1 Å². The SMILES string of the molecule is Clc1ccc(COc2cccc(/C=N/n3cnnc3SCc3ccccc3)c2)cc1. The maximum atomic E-state index is 5.92. The van der Waals surface area contributed by atoms with Gasteiger partial charge in [-0.2, -0.15) is 9.78 Å². The summed E-state index contributed by atoms with van der Waals surface area (Å²) in [5.41, 5.74) is 3.21. The van der Waals surface area contributed by atoms with Crippen molar-refractivity contribution in [3.05, 3.63) is 107 Å². The van der Waals surface area contributed by atoms with Crippen molar-refractivity contribution in [1.82, 2.24) is 14.9 Å². The first-order valence-electron chi connectivity index (χ1n) is 9.35. The molecule has 0 unspecified atom stereocenters. The molecule has 0 fully saturated rings. The van der Waals surface area contributed by atoms with Crippen LogP contribution in [0.25, 0.3) is 0 Å². The zero-order valence-corrected chi connectivity index (χ0v) is 17.6. The lowest BCUT2D eigenvalue weighted by molar-refractivity contribution is 0.306. The highest BCUT2D eigenvalue weighted by atomic mass is 35.5. The summed E-state index contributed by atoms with van der Waals surface area (Å²) in [6, 6.07) is 25.6. The molecule has 30 heavy (non-hydrogen) atoms. The van der Waals surface area contributed by atoms with E-state index in [4.69, 9.17) is 16.3 Å². The van der Waals surface area contributed by atoms with Gasteiger partial charge >= 0.3 is 0 Å². The first-order valence-corrected chi connectivity index (χ1v) is 10.7. The number of ether oxygens (including phenoxy) is 1. The topological polar surface area (TPSA) is 52.3 Å². The summed E-state index contributed by atoms with van der Waals surface area (Å²) in [5, 5.41) is 14.1. The van der Waals surface area contributed by atoms with Crippen molar-refractivity contribution in [2.24, 2.45) is 5.10 Å². The fourth-order valence-corrected chi connectivity index (χ4v) is 3.62. The van der Waals surface area contributed by atoms with E-state index in [0.717, 1.165) is 27.8 Å². The number of rotatable bonds is 8. The Morgan fingerprint density at radius 3 is 2.63 bits per heavy atom. The zero-order chi connectivity index (χ0) is 20.6. The van der Waals surface area contributed by atoms with Gasteiger partial charge in [0.2, 0.25) is 5.16 Å². The molecule has 5 nitrogen and oxygen atoms in total. The number of benzene rings is 3. The van der Waals surface area contributed by atoms with Crippen LogP contribution in [-0.2, 0) is 12.4 Å². The third-order valence-electron chi connectivity index (χ3n) is 4.22. The van der Waals surface area contributed by atoms with E-state index >= 15 is 0 Å². The Kier molecular flexibility index (Phi) is 6.79. The molecule has 3 aromatic carbocycles. The van der Waals surface area contributed by atoms with Gasteiger partial charge in [-0.15, -0.1) is 10.2 Å². The monoisotopic (exact) mass is 434 g/mol. The molecule has 0 aliphatic heterocycles. The molecule has 0 saturated heterocycles. The van der Waals surface area contributed by atoms with Gasteiger partial charge in [0.05, 0.1) is 6.21 Å². The largest absolute Gasteiger partial charge is 0.489 e. The summed E-state index contributed by atoms with van der Waals surface area (Å²) >= 11 is 7.51. The second-order valence-corrected chi connectivity index (χ2v) is 7.84. The number of hydrogen-bond acceptors (Lipinski definition) is 5. The van der Waals surface area contributed by atoms with Gasteiger partial charge in [0, 0.05) is 10.8 Å². The number of thioether (sulfide) groups is 1. The molecule has 4 rings (SSSR count). The minimum absolute atomic E-state index is 0.476. The second kappa shape index (κ2) is 10.1. The third kappa shape index (κ3) is 5.72. The fourth-order valence-electron chi connectivity index (χ4n) is 2.68. The van der Waals surface area contributed by atoms with Gasteiger partial charge in [-0.05, 0) is 41.0 Å². The maximum absolute atomic E-state index is 5.92. The Labute approximate surface area is 184 Å². The lowest BCUT2D eigenvalue weighted by Gasteiger charge is -2.07. The van der Waals surface area contributed by atoms with Gasteiger partial charge < -0.3 is 4.74 Å². The van der Waals surface area contributed by atoms with Gasteiger partial charge in [0.25, 0.3) is 0 Å². The fraction of sp³-hybridized carbons (Fsp3) is 0.0870. The molecule has 0 atom stereocenters.